The highest BCUT2D eigenvalue weighted by atomic mass is 79.9. The molecular weight excluding hydrogens is 310 g/mol. The van der Waals surface area contributed by atoms with Crippen LogP contribution in [0.3, 0.4) is 0 Å². The van der Waals surface area contributed by atoms with Crippen LogP contribution in [-0.4, -0.2) is 29.8 Å². The summed E-state index contributed by atoms with van der Waals surface area (Å²) in [6.45, 7) is -0.414. The van der Waals surface area contributed by atoms with E-state index in [1.807, 2.05) is 0 Å². The van der Waals surface area contributed by atoms with Gasteiger partial charge in [-0.2, -0.15) is 0 Å². The van der Waals surface area contributed by atoms with Crippen LogP contribution in [0, 0.1) is 11.6 Å². The van der Waals surface area contributed by atoms with E-state index in [1.165, 1.54) is 6.07 Å². The van der Waals surface area contributed by atoms with Gasteiger partial charge in [-0.15, -0.1) is 0 Å². The molecule has 4 nitrogen and oxygen atoms in total. The number of imide groups is 1. The fourth-order valence-electron chi connectivity index (χ4n) is 1.65. The first-order valence-corrected chi connectivity index (χ1v) is 5.96. The fraction of sp³-hybridized carbons (Fsp3) is 0.273. The van der Waals surface area contributed by atoms with Crippen LogP contribution in [0.5, 0.6) is 0 Å². The molecule has 0 aromatic heterocycles. The molecule has 2 rings (SSSR count). The number of piperazine rings is 1. The molecule has 18 heavy (non-hydrogen) atoms. The Kier molecular flexibility index (Phi) is 3.72. The molecule has 0 radical (unpaired) electrons. The topological polar surface area (TPSA) is 49.4 Å². The number of hydrogen-bond acceptors (Lipinski definition) is 3. The predicted octanol–water partition coefficient (Wildman–Crippen LogP) is 1.19. The minimum absolute atomic E-state index is 0.0109. The van der Waals surface area contributed by atoms with E-state index >= 15 is 0 Å². The first kappa shape index (κ1) is 13.1. The molecule has 96 valence electrons. The normalized spacial score (nSPS) is 16.3. The second-order valence-electron chi connectivity index (χ2n) is 3.80. The third-order valence-electron chi connectivity index (χ3n) is 2.61. The number of benzene rings is 1. The van der Waals surface area contributed by atoms with Crippen LogP contribution in [0.25, 0.3) is 0 Å². The summed E-state index contributed by atoms with van der Waals surface area (Å²) in [4.78, 5) is 23.9. The Morgan fingerprint density at radius 1 is 1.22 bits per heavy atom. The Morgan fingerprint density at radius 3 is 2.44 bits per heavy atom. The summed E-state index contributed by atoms with van der Waals surface area (Å²) < 4.78 is 27.3. The Balaban J connectivity index is 2.31. The van der Waals surface area contributed by atoms with Crippen molar-refractivity contribution in [1.29, 1.82) is 0 Å². The van der Waals surface area contributed by atoms with Gasteiger partial charge in [0.15, 0.2) is 0 Å². The molecule has 1 aliphatic rings. The van der Waals surface area contributed by atoms with Gasteiger partial charge < -0.3 is 0 Å². The van der Waals surface area contributed by atoms with Crippen molar-refractivity contribution in [2.24, 2.45) is 0 Å². The maximum absolute atomic E-state index is 13.7. The third kappa shape index (κ3) is 2.41. The van der Waals surface area contributed by atoms with Gasteiger partial charge in [0.05, 0.1) is 24.1 Å². The zero-order valence-corrected chi connectivity index (χ0v) is 10.8. The molecule has 1 saturated heterocycles. The minimum Gasteiger partial charge on any atom is -0.300 e. The number of amides is 2. The Morgan fingerprint density at radius 2 is 1.83 bits per heavy atom. The van der Waals surface area contributed by atoms with E-state index in [-0.39, 0.29) is 23.1 Å². The summed E-state index contributed by atoms with van der Waals surface area (Å²) in [7, 11) is 0. The lowest BCUT2D eigenvalue weighted by molar-refractivity contribution is -0.147. The van der Waals surface area contributed by atoms with Gasteiger partial charge in [0.2, 0.25) is 11.8 Å². The molecule has 0 bridgehead atoms. The zero-order valence-electron chi connectivity index (χ0n) is 9.17. The molecule has 1 heterocycles. The minimum atomic E-state index is -0.797. The van der Waals surface area contributed by atoms with E-state index in [2.05, 4.69) is 21.2 Å². The smallest absolute Gasteiger partial charge is 0.243 e. The van der Waals surface area contributed by atoms with Crippen molar-refractivity contribution < 1.29 is 18.4 Å². The Bertz CT molecular complexity index is 506. The average Bonchev–Trinajstić information content (AvgIpc) is 2.33. The highest BCUT2D eigenvalue weighted by molar-refractivity contribution is 9.10. The molecular formula is C11H9BrF2N2O2. The predicted molar refractivity (Wildman–Crippen MR) is 62.5 cm³/mol. The summed E-state index contributed by atoms with van der Waals surface area (Å²) in [5.74, 6) is -2.57. The quantitative estimate of drug-likeness (QED) is 0.658. The summed E-state index contributed by atoms with van der Waals surface area (Å²) >= 11 is 2.93. The van der Waals surface area contributed by atoms with E-state index < -0.39 is 30.0 Å². The second-order valence-corrected chi connectivity index (χ2v) is 4.65. The molecule has 0 atom stereocenters. The molecule has 2 amide bonds. The molecule has 0 spiro atoms. The van der Waals surface area contributed by atoms with Crippen molar-refractivity contribution in [1.82, 2.24) is 10.2 Å². The van der Waals surface area contributed by atoms with Gasteiger partial charge in [-0.1, -0.05) is 0 Å². The van der Waals surface area contributed by atoms with E-state index in [0.29, 0.717) is 0 Å². The van der Waals surface area contributed by atoms with Crippen LogP contribution in [0.4, 0.5) is 8.78 Å². The molecule has 7 heteroatoms. The average molecular weight is 319 g/mol. The van der Waals surface area contributed by atoms with E-state index in [1.54, 1.807) is 0 Å². The largest absolute Gasteiger partial charge is 0.300 e. The van der Waals surface area contributed by atoms with Gasteiger partial charge in [0.1, 0.15) is 11.6 Å². The van der Waals surface area contributed by atoms with Crippen LogP contribution < -0.4 is 5.32 Å². The highest BCUT2D eigenvalue weighted by Crippen LogP contribution is 2.23. The lowest BCUT2D eigenvalue weighted by Crippen LogP contribution is -2.51. The fourth-order valence-corrected chi connectivity index (χ4v) is 2.03. The van der Waals surface area contributed by atoms with Crippen molar-refractivity contribution in [3.8, 4) is 0 Å². The van der Waals surface area contributed by atoms with Gasteiger partial charge in [-0.3, -0.25) is 19.8 Å². The van der Waals surface area contributed by atoms with Gasteiger partial charge in [-0.25, -0.2) is 8.78 Å². The molecule has 0 saturated carbocycles. The Labute approximate surface area is 110 Å². The first-order valence-electron chi connectivity index (χ1n) is 5.17. The SMILES string of the molecule is O=C1CNCC(=O)N1Cc1c(F)ccc(Br)c1F. The van der Waals surface area contributed by atoms with Crippen LogP contribution in [0.15, 0.2) is 16.6 Å². The van der Waals surface area contributed by atoms with E-state index in [9.17, 15) is 18.4 Å². The summed E-state index contributed by atoms with van der Waals surface area (Å²) in [5, 5.41) is 2.60. The first-order chi connectivity index (χ1) is 8.50. The van der Waals surface area contributed by atoms with Crippen molar-refractivity contribution in [2.75, 3.05) is 13.1 Å². The van der Waals surface area contributed by atoms with E-state index in [0.717, 1.165) is 11.0 Å². The van der Waals surface area contributed by atoms with Crippen LogP contribution in [0.1, 0.15) is 5.56 Å². The van der Waals surface area contributed by atoms with Crippen LogP contribution in [-0.2, 0) is 16.1 Å². The van der Waals surface area contributed by atoms with Gasteiger partial charge in [-0.05, 0) is 28.1 Å². The number of hydrogen-bond donors (Lipinski definition) is 1. The van der Waals surface area contributed by atoms with E-state index in [4.69, 9.17) is 0 Å². The zero-order chi connectivity index (χ0) is 13.3. The maximum Gasteiger partial charge on any atom is 0.243 e. The van der Waals surface area contributed by atoms with Crippen molar-refractivity contribution >= 4 is 27.7 Å². The number of halogens is 3. The summed E-state index contributed by atoms with van der Waals surface area (Å²) in [5.41, 5.74) is -0.298. The lowest BCUT2D eigenvalue weighted by Gasteiger charge is -2.25. The van der Waals surface area contributed by atoms with Crippen molar-refractivity contribution in [2.45, 2.75) is 6.54 Å². The number of carbonyl (C=O) groups is 2. The Hall–Kier alpha value is -1.34. The van der Waals surface area contributed by atoms with Crippen LogP contribution in [0.2, 0.25) is 0 Å². The molecule has 1 aromatic carbocycles. The number of rotatable bonds is 2. The molecule has 0 unspecified atom stereocenters. The van der Waals surface area contributed by atoms with Crippen molar-refractivity contribution in [3.05, 3.63) is 33.8 Å². The number of carbonyl (C=O) groups excluding carboxylic acids is 2. The van der Waals surface area contributed by atoms with Gasteiger partial charge in [0.25, 0.3) is 0 Å². The monoisotopic (exact) mass is 318 g/mol. The lowest BCUT2D eigenvalue weighted by atomic mass is 10.1. The summed E-state index contributed by atoms with van der Waals surface area (Å²) in [6.07, 6.45) is 0. The summed E-state index contributed by atoms with van der Waals surface area (Å²) in [6, 6.07) is 2.31. The standard InChI is InChI=1S/C11H9BrF2N2O2/c12-7-1-2-8(13)6(11(7)14)5-16-9(17)3-15-4-10(16)18/h1-2,15H,3-5H2. The van der Waals surface area contributed by atoms with Crippen molar-refractivity contribution in [3.63, 3.8) is 0 Å². The molecule has 1 N–H and O–H groups in total. The third-order valence-corrected chi connectivity index (χ3v) is 3.22. The maximum atomic E-state index is 13.7. The van der Waals surface area contributed by atoms with Crippen LogP contribution >= 0.6 is 15.9 Å². The molecule has 1 fully saturated rings. The van der Waals surface area contributed by atoms with Gasteiger partial charge >= 0.3 is 0 Å². The number of nitrogens with one attached hydrogen (secondary N) is 1. The molecule has 1 aromatic rings. The second kappa shape index (κ2) is 5.11. The molecule has 0 aliphatic carbocycles. The molecule has 1 aliphatic heterocycles. The number of nitrogens with zero attached hydrogens (tertiary/aromatic N) is 1. The highest BCUT2D eigenvalue weighted by Gasteiger charge is 2.27. The van der Waals surface area contributed by atoms with Gasteiger partial charge in [0, 0.05) is 5.56 Å².